The van der Waals surface area contributed by atoms with E-state index >= 15 is 0 Å². The molecule has 3 rings (SSSR count). The minimum absolute atomic E-state index is 0.154. The molecule has 0 aromatic heterocycles. The van der Waals surface area contributed by atoms with Crippen LogP contribution < -0.4 is 5.32 Å². The van der Waals surface area contributed by atoms with Gasteiger partial charge in [0.05, 0.1) is 21.7 Å². The zero-order valence-electron chi connectivity index (χ0n) is 15.5. The summed E-state index contributed by atoms with van der Waals surface area (Å²) in [6.45, 7) is 0.413. The number of amides is 3. The number of nitrogens with one attached hydrogen (secondary N) is 1. The Balaban J connectivity index is 1.61. The quantitative estimate of drug-likeness (QED) is 0.329. The summed E-state index contributed by atoms with van der Waals surface area (Å²) in [6.07, 6.45) is 0. The number of benzene rings is 2. The highest BCUT2D eigenvalue weighted by atomic mass is 19.1. The maximum atomic E-state index is 13.7. The first-order chi connectivity index (χ1) is 14.2. The molecule has 3 amide bonds. The van der Waals surface area contributed by atoms with Crippen LogP contribution in [0.4, 0.5) is 15.8 Å². The van der Waals surface area contributed by atoms with Crippen molar-refractivity contribution >= 4 is 35.1 Å². The van der Waals surface area contributed by atoms with Gasteiger partial charge in [-0.1, -0.05) is 12.1 Å². The molecule has 11 heteroatoms. The van der Waals surface area contributed by atoms with E-state index in [0.29, 0.717) is 0 Å². The number of anilines is 1. The molecule has 0 saturated carbocycles. The van der Waals surface area contributed by atoms with E-state index in [-0.39, 0.29) is 11.1 Å². The molecule has 0 bridgehead atoms. The van der Waals surface area contributed by atoms with Crippen molar-refractivity contribution in [3.63, 3.8) is 0 Å². The van der Waals surface area contributed by atoms with Gasteiger partial charge in [-0.05, 0) is 25.1 Å². The molecule has 0 aliphatic carbocycles. The summed E-state index contributed by atoms with van der Waals surface area (Å²) in [5, 5.41) is 12.8. The van der Waals surface area contributed by atoms with E-state index in [1.54, 1.807) is 12.1 Å². The summed E-state index contributed by atoms with van der Waals surface area (Å²) < 4.78 is 18.5. The van der Waals surface area contributed by atoms with Crippen LogP contribution in [0.3, 0.4) is 0 Å². The monoisotopic (exact) mass is 415 g/mol. The topological polar surface area (TPSA) is 136 Å². The van der Waals surface area contributed by atoms with Crippen LogP contribution in [0.2, 0.25) is 0 Å². The lowest BCUT2D eigenvalue weighted by Crippen LogP contribution is -2.44. The molecule has 1 N–H and O–H groups in total. The van der Waals surface area contributed by atoms with Crippen molar-refractivity contribution in [2.24, 2.45) is 0 Å². The smallest absolute Gasteiger partial charge is 0.329 e. The van der Waals surface area contributed by atoms with Gasteiger partial charge in [0.2, 0.25) is 0 Å². The predicted octanol–water partition coefficient (Wildman–Crippen LogP) is 1.90. The van der Waals surface area contributed by atoms with Gasteiger partial charge in [-0.15, -0.1) is 0 Å². The lowest BCUT2D eigenvalue weighted by molar-refractivity contribution is -0.384. The van der Waals surface area contributed by atoms with Crippen molar-refractivity contribution in [2.45, 2.75) is 13.0 Å². The van der Waals surface area contributed by atoms with Gasteiger partial charge in [0.15, 0.2) is 6.61 Å². The van der Waals surface area contributed by atoms with Crippen LogP contribution in [0.25, 0.3) is 0 Å². The third-order valence-corrected chi connectivity index (χ3v) is 4.33. The molecular formula is C19H14FN3O7. The Morgan fingerprint density at radius 1 is 1.17 bits per heavy atom. The van der Waals surface area contributed by atoms with Gasteiger partial charge in [-0.25, -0.2) is 9.18 Å². The fourth-order valence-corrected chi connectivity index (χ4v) is 2.83. The van der Waals surface area contributed by atoms with Crippen LogP contribution >= 0.6 is 0 Å². The number of nitro benzene ring substituents is 1. The van der Waals surface area contributed by atoms with E-state index in [2.05, 4.69) is 5.32 Å². The molecule has 1 aliphatic heterocycles. The van der Waals surface area contributed by atoms with E-state index < -0.39 is 58.5 Å². The molecule has 154 valence electrons. The largest absolute Gasteiger partial charge is 0.454 e. The SMILES string of the molecule is CC(C(=O)OCC(=O)Nc1cc([N+](=O)[O-])ccc1F)N1C(=O)c2ccccc2C1=O. The number of carbonyl (C=O) groups excluding carboxylic acids is 4. The van der Waals surface area contributed by atoms with E-state index in [1.807, 2.05) is 0 Å². The number of nitrogens with zero attached hydrogens (tertiary/aromatic N) is 2. The molecule has 0 saturated heterocycles. The molecule has 0 radical (unpaired) electrons. The van der Waals surface area contributed by atoms with Crippen LogP contribution in [-0.2, 0) is 14.3 Å². The number of halogens is 1. The first kappa shape index (κ1) is 20.6. The third kappa shape index (κ3) is 3.85. The van der Waals surface area contributed by atoms with Gasteiger partial charge >= 0.3 is 5.97 Å². The standard InChI is InChI=1S/C19H14FN3O7/c1-10(22-17(25)12-4-2-3-5-13(12)18(22)26)19(27)30-9-16(24)21-15-8-11(23(28)29)6-7-14(15)20/h2-8,10H,9H2,1H3,(H,21,24). The molecule has 0 spiro atoms. The highest BCUT2D eigenvalue weighted by Crippen LogP contribution is 2.25. The minimum atomic E-state index is -1.31. The number of hydrogen-bond donors (Lipinski definition) is 1. The average Bonchev–Trinajstić information content (AvgIpc) is 2.97. The fourth-order valence-electron chi connectivity index (χ4n) is 2.83. The number of fused-ring (bicyclic) bond motifs is 1. The summed E-state index contributed by atoms with van der Waals surface area (Å²) >= 11 is 0. The highest BCUT2D eigenvalue weighted by molar-refractivity contribution is 6.22. The van der Waals surface area contributed by atoms with Crippen molar-refractivity contribution in [3.8, 4) is 0 Å². The van der Waals surface area contributed by atoms with Crippen molar-refractivity contribution < 1.29 is 33.2 Å². The fraction of sp³-hybridized carbons (Fsp3) is 0.158. The lowest BCUT2D eigenvalue weighted by Gasteiger charge is -2.20. The Morgan fingerprint density at radius 3 is 2.33 bits per heavy atom. The van der Waals surface area contributed by atoms with E-state index in [0.717, 1.165) is 23.1 Å². The normalized spacial score (nSPS) is 13.6. The number of esters is 1. The van der Waals surface area contributed by atoms with Gasteiger partial charge < -0.3 is 10.1 Å². The first-order valence-electron chi connectivity index (χ1n) is 8.58. The molecule has 1 heterocycles. The lowest BCUT2D eigenvalue weighted by atomic mass is 10.1. The Bertz CT molecular complexity index is 1050. The van der Waals surface area contributed by atoms with Crippen LogP contribution in [-0.4, -0.2) is 46.2 Å². The van der Waals surface area contributed by atoms with Crippen molar-refractivity contribution in [2.75, 3.05) is 11.9 Å². The van der Waals surface area contributed by atoms with E-state index in [4.69, 9.17) is 4.74 Å². The second-order valence-corrected chi connectivity index (χ2v) is 6.28. The Labute approximate surface area is 168 Å². The Kier molecular flexibility index (Phi) is 5.54. The highest BCUT2D eigenvalue weighted by Gasteiger charge is 2.41. The number of ether oxygens (including phenoxy) is 1. The zero-order valence-corrected chi connectivity index (χ0v) is 15.5. The van der Waals surface area contributed by atoms with Gasteiger partial charge in [0.1, 0.15) is 11.9 Å². The summed E-state index contributed by atoms with van der Waals surface area (Å²) in [4.78, 5) is 59.6. The molecule has 2 aromatic rings. The van der Waals surface area contributed by atoms with Crippen LogP contribution in [0.5, 0.6) is 0 Å². The Morgan fingerprint density at radius 2 is 1.77 bits per heavy atom. The maximum absolute atomic E-state index is 13.7. The third-order valence-electron chi connectivity index (χ3n) is 4.33. The molecule has 0 fully saturated rings. The van der Waals surface area contributed by atoms with E-state index in [9.17, 15) is 33.7 Å². The Hall–Kier alpha value is -4.15. The molecule has 2 aromatic carbocycles. The van der Waals surface area contributed by atoms with Crippen LogP contribution in [0, 0.1) is 15.9 Å². The second-order valence-electron chi connectivity index (χ2n) is 6.28. The number of carbonyl (C=O) groups is 4. The van der Waals surface area contributed by atoms with Crippen LogP contribution in [0.15, 0.2) is 42.5 Å². The van der Waals surface area contributed by atoms with E-state index in [1.165, 1.54) is 19.1 Å². The van der Waals surface area contributed by atoms with Crippen molar-refractivity contribution in [1.29, 1.82) is 0 Å². The second kappa shape index (κ2) is 8.07. The minimum Gasteiger partial charge on any atom is -0.454 e. The number of nitro groups is 1. The van der Waals surface area contributed by atoms with Crippen molar-refractivity contribution in [1.82, 2.24) is 4.90 Å². The molecular weight excluding hydrogens is 401 g/mol. The molecule has 30 heavy (non-hydrogen) atoms. The van der Waals surface area contributed by atoms with Gasteiger partial charge in [0.25, 0.3) is 23.4 Å². The summed E-state index contributed by atoms with van der Waals surface area (Å²) in [5.41, 5.74) is -0.594. The summed E-state index contributed by atoms with van der Waals surface area (Å²) in [7, 11) is 0. The molecule has 10 nitrogen and oxygen atoms in total. The predicted molar refractivity (Wildman–Crippen MR) is 99.0 cm³/mol. The average molecular weight is 415 g/mol. The molecule has 1 atom stereocenters. The van der Waals surface area contributed by atoms with Gasteiger partial charge in [-0.3, -0.25) is 29.4 Å². The number of non-ortho nitro benzene ring substituents is 1. The van der Waals surface area contributed by atoms with Crippen molar-refractivity contribution in [3.05, 3.63) is 69.5 Å². The number of hydrogen-bond acceptors (Lipinski definition) is 7. The number of imide groups is 1. The van der Waals surface area contributed by atoms with Gasteiger partial charge in [0, 0.05) is 12.1 Å². The van der Waals surface area contributed by atoms with Crippen LogP contribution in [0.1, 0.15) is 27.6 Å². The summed E-state index contributed by atoms with van der Waals surface area (Å²) in [6, 6.07) is 7.31. The molecule has 1 aliphatic rings. The molecule has 1 unspecified atom stereocenters. The summed E-state index contributed by atoms with van der Waals surface area (Å²) in [5.74, 6) is -4.23. The first-order valence-corrected chi connectivity index (χ1v) is 8.58. The zero-order chi connectivity index (χ0) is 22.0. The maximum Gasteiger partial charge on any atom is 0.329 e. The van der Waals surface area contributed by atoms with Gasteiger partial charge in [-0.2, -0.15) is 0 Å². The number of rotatable bonds is 6.